The van der Waals surface area contributed by atoms with Crippen molar-refractivity contribution in [2.24, 2.45) is 7.05 Å². The van der Waals surface area contributed by atoms with E-state index in [1.807, 2.05) is 6.20 Å². The van der Waals surface area contributed by atoms with Gasteiger partial charge < -0.3 is 10.6 Å². The molecular weight excluding hydrogens is 417 g/mol. The van der Waals surface area contributed by atoms with Crippen molar-refractivity contribution in [1.29, 1.82) is 0 Å². The molecule has 3 aromatic heterocycles. The van der Waals surface area contributed by atoms with Gasteiger partial charge in [-0.25, -0.2) is 4.98 Å². The van der Waals surface area contributed by atoms with Crippen LogP contribution in [-0.4, -0.2) is 31.2 Å². The molecule has 2 N–H and O–H groups in total. The van der Waals surface area contributed by atoms with E-state index in [4.69, 9.17) is 11.6 Å². The smallest absolute Gasteiger partial charge is 0.382 e. The van der Waals surface area contributed by atoms with Crippen LogP contribution in [0.25, 0.3) is 11.3 Å². The maximum Gasteiger partial charge on any atom is 0.434 e. The van der Waals surface area contributed by atoms with E-state index in [1.54, 1.807) is 29.9 Å². The summed E-state index contributed by atoms with van der Waals surface area (Å²) in [6.45, 7) is 4.07. The number of rotatable bonds is 5. The molecule has 0 bridgehead atoms. The summed E-state index contributed by atoms with van der Waals surface area (Å²) in [6.07, 6.45) is 1.96. The number of imidazole rings is 1. The summed E-state index contributed by atoms with van der Waals surface area (Å²) in [4.78, 5) is 3.68. The zero-order valence-corrected chi connectivity index (χ0v) is 17.1. The van der Waals surface area contributed by atoms with Crippen LogP contribution in [0.2, 0.25) is 5.15 Å². The predicted molar refractivity (Wildman–Crippen MR) is 110 cm³/mol. The van der Waals surface area contributed by atoms with Crippen molar-refractivity contribution in [1.82, 2.24) is 24.5 Å². The molecule has 0 radical (unpaired) electrons. The molecule has 0 unspecified atom stereocenters. The summed E-state index contributed by atoms with van der Waals surface area (Å²) in [5.74, 6) is 0.610. The Bertz CT molecular complexity index is 1060. The van der Waals surface area contributed by atoms with E-state index in [9.17, 15) is 13.2 Å². The first kappa shape index (κ1) is 20.6. The highest BCUT2D eigenvalue weighted by Crippen LogP contribution is 2.30. The zero-order chi connectivity index (χ0) is 21.5. The average Bonchev–Trinajstić information content (AvgIpc) is 3.27. The monoisotopic (exact) mass is 438 g/mol. The van der Waals surface area contributed by atoms with Crippen LogP contribution in [0.1, 0.15) is 36.9 Å². The van der Waals surface area contributed by atoms with Crippen molar-refractivity contribution >= 4 is 28.8 Å². The van der Waals surface area contributed by atoms with Gasteiger partial charge in [-0.05, 0) is 37.8 Å². The Balaban J connectivity index is 1.38. The number of fused-ring (bicyclic) bond motifs is 1. The molecule has 0 aromatic carbocycles. The van der Waals surface area contributed by atoms with Gasteiger partial charge in [-0.3, -0.25) is 9.08 Å². The van der Waals surface area contributed by atoms with Crippen molar-refractivity contribution in [2.75, 3.05) is 5.32 Å². The number of alkyl halides is 3. The zero-order valence-electron chi connectivity index (χ0n) is 16.4. The highest BCUT2D eigenvalue weighted by atomic mass is 35.5. The van der Waals surface area contributed by atoms with Gasteiger partial charge in [-0.2, -0.15) is 18.3 Å². The van der Waals surface area contributed by atoms with Gasteiger partial charge in [0.15, 0.2) is 10.8 Å². The second kappa shape index (κ2) is 7.86. The van der Waals surface area contributed by atoms with Crippen LogP contribution >= 0.6 is 11.6 Å². The fourth-order valence-electron chi connectivity index (χ4n) is 3.84. The van der Waals surface area contributed by atoms with Crippen LogP contribution in [-0.2, 0) is 13.2 Å². The molecule has 1 fully saturated rings. The number of nitrogens with one attached hydrogen (secondary N) is 2. The maximum atomic E-state index is 13.0. The molecule has 4 rings (SSSR count). The minimum atomic E-state index is -4.47. The maximum absolute atomic E-state index is 13.0. The minimum Gasteiger partial charge on any atom is -0.382 e. The molecule has 0 amide bonds. The lowest BCUT2D eigenvalue weighted by atomic mass is 9.91. The lowest BCUT2D eigenvalue weighted by Gasteiger charge is -2.31. The molecule has 3 aromatic rings. The van der Waals surface area contributed by atoms with Crippen LogP contribution in [0.15, 0.2) is 37.2 Å². The molecule has 3 heterocycles. The predicted octanol–water partition coefficient (Wildman–Crippen LogP) is 4.72. The van der Waals surface area contributed by atoms with Gasteiger partial charge >= 0.3 is 6.18 Å². The van der Waals surface area contributed by atoms with Gasteiger partial charge in [-0.1, -0.05) is 24.2 Å². The van der Waals surface area contributed by atoms with E-state index in [0.29, 0.717) is 11.0 Å². The van der Waals surface area contributed by atoms with E-state index in [2.05, 4.69) is 27.3 Å². The number of aryl methyl sites for hydroxylation is 1. The number of nitrogens with zero attached hydrogens (tertiary/aromatic N) is 4. The molecule has 10 heteroatoms. The molecule has 0 spiro atoms. The Morgan fingerprint density at radius 1 is 1.17 bits per heavy atom. The molecule has 160 valence electrons. The highest BCUT2D eigenvalue weighted by molar-refractivity contribution is 6.31. The van der Waals surface area contributed by atoms with Crippen LogP contribution in [0.4, 0.5) is 19.0 Å². The molecule has 1 aliphatic carbocycles. The molecule has 1 aliphatic rings. The van der Waals surface area contributed by atoms with Crippen molar-refractivity contribution in [2.45, 2.75) is 43.9 Å². The van der Waals surface area contributed by atoms with E-state index in [1.165, 1.54) is 4.40 Å². The molecule has 1 saturated carbocycles. The second-order valence-corrected chi connectivity index (χ2v) is 7.94. The third-order valence-electron chi connectivity index (χ3n) is 5.35. The lowest BCUT2D eigenvalue weighted by Crippen LogP contribution is -2.36. The minimum absolute atomic E-state index is 0.167. The standard InChI is InChI=1S/C20H22ClF3N6/c1-12(15-10-29(2)28-19(15)21)25-13-6-8-14(9-7-13)26-17-4-3-5-18-27-16(11-30(17)18)20(22,23)24/h3-5,10-11,13-14,25-26H,1,6-9H2,2H3. The molecular formula is C20H22ClF3N6. The topological polar surface area (TPSA) is 59.2 Å². The second-order valence-electron chi connectivity index (χ2n) is 7.59. The molecule has 0 saturated heterocycles. The molecule has 6 nitrogen and oxygen atoms in total. The fourth-order valence-corrected chi connectivity index (χ4v) is 4.13. The third kappa shape index (κ3) is 4.26. The number of aromatic nitrogens is 4. The van der Waals surface area contributed by atoms with E-state index in [0.717, 1.165) is 43.1 Å². The average molecular weight is 439 g/mol. The summed E-state index contributed by atoms with van der Waals surface area (Å²) in [6, 6.07) is 5.47. The van der Waals surface area contributed by atoms with E-state index < -0.39 is 11.9 Å². The number of hydrogen-bond acceptors (Lipinski definition) is 4. The summed E-state index contributed by atoms with van der Waals surface area (Å²) in [7, 11) is 1.80. The van der Waals surface area contributed by atoms with Crippen molar-refractivity contribution in [3.8, 4) is 0 Å². The van der Waals surface area contributed by atoms with Crippen LogP contribution in [0.3, 0.4) is 0 Å². The van der Waals surface area contributed by atoms with Gasteiger partial charge in [-0.15, -0.1) is 0 Å². The number of hydrogen-bond donors (Lipinski definition) is 2. The molecule has 0 atom stereocenters. The largest absolute Gasteiger partial charge is 0.434 e. The molecule has 30 heavy (non-hydrogen) atoms. The number of pyridine rings is 1. The summed E-state index contributed by atoms with van der Waals surface area (Å²) < 4.78 is 42.1. The summed E-state index contributed by atoms with van der Waals surface area (Å²) in [5, 5.41) is 11.3. The third-order valence-corrected chi connectivity index (χ3v) is 5.63. The number of halogens is 4. The summed E-state index contributed by atoms with van der Waals surface area (Å²) >= 11 is 6.13. The van der Waals surface area contributed by atoms with Gasteiger partial charge in [0.1, 0.15) is 11.5 Å². The first-order chi connectivity index (χ1) is 14.2. The molecule has 0 aliphatic heterocycles. The van der Waals surface area contributed by atoms with Gasteiger partial charge in [0.05, 0.1) is 5.56 Å². The number of anilines is 1. The van der Waals surface area contributed by atoms with Crippen LogP contribution in [0, 0.1) is 0 Å². The van der Waals surface area contributed by atoms with E-state index in [-0.39, 0.29) is 17.7 Å². The van der Waals surface area contributed by atoms with Crippen LogP contribution < -0.4 is 10.6 Å². The fraction of sp³-hybridized carbons (Fsp3) is 0.400. The Kier molecular flexibility index (Phi) is 5.40. The first-order valence-corrected chi connectivity index (χ1v) is 10.1. The van der Waals surface area contributed by atoms with Crippen molar-refractivity contribution < 1.29 is 13.2 Å². The Hall–Kier alpha value is -2.68. The highest BCUT2D eigenvalue weighted by Gasteiger charge is 2.34. The SMILES string of the molecule is C=C(NC1CCC(Nc2cccc3nc(C(F)(F)F)cn23)CC1)c1cn(C)nc1Cl. The normalized spacial score (nSPS) is 19.8. The Labute approximate surface area is 176 Å². The van der Waals surface area contributed by atoms with Gasteiger partial charge in [0.25, 0.3) is 0 Å². The first-order valence-electron chi connectivity index (χ1n) is 9.67. The van der Waals surface area contributed by atoms with Crippen LogP contribution in [0.5, 0.6) is 0 Å². The van der Waals surface area contributed by atoms with Gasteiger partial charge in [0, 0.05) is 37.2 Å². The lowest BCUT2D eigenvalue weighted by molar-refractivity contribution is -0.140. The van der Waals surface area contributed by atoms with Gasteiger partial charge in [0.2, 0.25) is 0 Å². The van der Waals surface area contributed by atoms with Crippen molar-refractivity contribution in [3.63, 3.8) is 0 Å². The quantitative estimate of drug-likeness (QED) is 0.605. The van der Waals surface area contributed by atoms with E-state index >= 15 is 0 Å². The Morgan fingerprint density at radius 2 is 1.87 bits per heavy atom. The van der Waals surface area contributed by atoms with Crippen molar-refractivity contribution in [3.05, 3.63) is 53.6 Å². The summed E-state index contributed by atoms with van der Waals surface area (Å²) in [5.41, 5.74) is 0.906. The Morgan fingerprint density at radius 3 is 2.50 bits per heavy atom.